The van der Waals surface area contributed by atoms with Crippen molar-refractivity contribution in [3.05, 3.63) is 64.9 Å². The molecule has 1 saturated heterocycles. The Bertz CT molecular complexity index is 1360. The fourth-order valence-electron chi connectivity index (χ4n) is 5.62. The van der Waals surface area contributed by atoms with Crippen LogP contribution in [0.5, 0.6) is 5.88 Å². The summed E-state index contributed by atoms with van der Waals surface area (Å²) in [5, 5.41) is 0. The number of benzene rings is 1. The normalized spacial score (nSPS) is 18.4. The van der Waals surface area contributed by atoms with Gasteiger partial charge in [-0.3, -0.25) is 9.69 Å². The highest BCUT2D eigenvalue weighted by Gasteiger charge is 2.41. The SMILES string of the molecule is COc1ncccc1-c1cc(F)ccc1C1Cc2nc(N)nc(C)c2C(=O)N1CC(C)(C)N1CCOCC1. The summed E-state index contributed by atoms with van der Waals surface area (Å²) >= 11 is 0. The van der Waals surface area contributed by atoms with Crippen molar-refractivity contribution in [1.29, 1.82) is 0 Å². The Kier molecular flexibility index (Phi) is 7.02. The van der Waals surface area contributed by atoms with Crippen LogP contribution in [0.3, 0.4) is 0 Å². The van der Waals surface area contributed by atoms with Crippen LogP contribution in [-0.4, -0.2) is 76.2 Å². The van der Waals surface area contributed by atoms with Gasteiger partial charge in [0.05, 0.1) is 43.3 Å². The lowest BCUT2D eigenvalue weighted by atomic mass is 9.86. The molecule has 0 saturated carbocycles. The van der Waals surface area contributed by atoms with Gasteiger partial charge in [-0.25, -0.2) is 19.3 Å². The van der Waals surface area contributed by atoms with Crippen molar-refractivity contribution in [2.75, 3.05) is 45.7 Å². The summed E-state index contributed by atoms with van der Waals surface area (Å²) in [7, 11) is 1.53. The number of ether oxygens (including phenoxy) is 2. The van der Waals surface area contributed by atoms with Gasteiger partial charge >= 0.3 is 0 Å². The number of amides is 1. The zero-order valence-electron chi connectivity index (χ0n) is 22.2. The molecule has 0 spiro atoms. The maximum absolute atomic E-state index is 14.7. The van der Waals surface area contributed by atoms with E-state index in [1.54, 1.807) is 25.3 Å². The van der Waals surface area contributed by atoms with E-state index in [0.29, 0.717) is 60.1 Å². The molecule has 2 aliphatic heterocycles. The molecule has 38 heavy (non-hydrogen) atoms. The number of nitrogens with two attached hydrogens (primary N) is 1. The van der Waals surface area contributed by atoms with Crippen LogP contribution in [0, 0.1) is 12.7 Å². The van der Waals surface area contributed by atoms with E-state index >= 15 is 0 Å². The van der Waals surface area contributed by atoms with E-state index < -0.39 is 6.04 Å². The van der Waals surface area contributed by atoms with Crippen molar-refractivity contribution in [3.63, 3.8) is 0 Å². The summed E-state index contributed by atoms with van der Waals surface area (Å²) < 4.78 is 25.7. The molecule has 2 N–H and O–H groups in total. The molecule has 1 unspecified atom stereocenters. The number of methoxy groups -OCH3 is 1. The Hall–Kier alpha value is -3.63. The fourth-order valence-corrected chi connectivity index (χ4v) is 5.62. The molecule has 9 nitrogen and oxygen atoms in total. The second-order valence-corrected chi connectivity index (χ2v) is 10.3. The van der Waals surface area contributed by atoms with Crippen molar-refractivity contribution in [1.82, 2.24) is 24.8 Å². The first-order chi connectivity index (χ1) is 18.2. The number of morpholine rings is 1. The average Bonchev–Trinajstić information content (AvgIpc) is 2.90. The molecule has 10 heteroatoms. The molecule has 1 atom stereocenters. The Morgan fingerprint density at radius 3 is 2.68 bits per heavy atom. The maximum atomic E-state index is 14.7. The number of hydrogen-bond acceptors (Lipinski definition) is 8. The number of nitrogen functional groups attached to an aromatic ring is 1. The van der Waals surface area contributed by atoms with Gasteiger partial charge in [-0.15, -0.1) is 0 Å². The quantitative estimate of drug-likeness (QED) is 0.527. The molecule has 2 aliphatic rings. The van der Waals surface area contributed by atoms with Crippen LogP contribution >= 0.6 is 0 Å². The van der Waals surface area contributed by atoms with Gasteiger partial charge in [0.25, 0.3) is 5.91 Å². The van der Waals surface area contributed by atoms with Gasteiger partial charge in [0.2, 0.25) is 11.8 Å². The third-order valence-electron chi connectivity index (χ3n) is 7.47. The Labute approximate surface area is 221 Å². The minimum atomic E-state index is -0.426. The lowest BCUT2D eigenvalue weighted by Crippen LogP contribution is -2.57. The number of carbonyl (C=O) groups excluding carboxylic acids is 1. The predicted molar refractivity (Wildman–Crippen MR) is 141 cm³/mol. The van der Waals surface area contributed by atoms with Crippen LogP contribution in [0.25, 0.3) is 11.1 Å². The maximum Gasteiger partial charge on any atom is 0.258 e. The number of aromatic nitrogens is 3. The van der Waals surface area contributed by atoms with E-state index in [-0.39, 0.29) is 23.2 Å². The Morgan fingerprint density at radius 2 is 1.95 bits per heavy atom. The fraction of sp³-hybridized carbons (Fsp3) is 0.429. The molecule has 1 amide bonds. The average molecular weight is 521 g/mol. The van der Waals surface area contributed by atoms with Gasteiger partial charge < -0.3 is 20.1 Å². The summed E-state index contributed by atoms with van der Waals surface area (Å²) in [6, 6.07) is 7.84. The van der Waals surface area contributed by atoms with E-state index in [0.717, 1.165) is 18.7 Å². The minimum absolute atomic E-state index is 0.128. The van der Waals surface area contributed by atoms with Gasteiger partial charge in [-0.1, -0.05) is 6.07 Å². The summed E-state index contributed by atoms with van der Waals surface area (Å²) in [4.78, 5) is 31.5. The van der Waals surface area contributed by atoms with E-state index in [9.17, 15) is 9.18 Å². The number of fused-ring (bicyclic) bond motifs is 1. The predicted octanol–water partition coefficient (Wildman–Crippen LogP) is 3.43. The van der Waals surface area contributed by atoms with E-state index in [4.69, 9.17) is 15.2 Å². The number of hydrogen-bond donors (Lipinski definition) is 1. The number of aryl methyl sites for hydroxylation is 1. The second kappa shape index (κ2) is 10.3. The van der Waals surface area contributed by atoms with Crippen LogP contribution in [0.15, 0.2) is 36.5 Å². The van der Waals surface area contributed by atoms with Gasteiger partial charge in [-0.2, -0.15) is 0 Å². The first-order valence-corrected chi connectivity index (χ1v) is 12.7. The number of anilines is 1. The number of carbonyl (C=O) groups is 1. The highest BCUT2D eigenvalue weighted by atomic mass is 19.1. The first-order valence-electron chi connectivity index (χ1n) is 12.7. The van der Waals surface area contributed by atoms with Crippen molar-refractivity contribution < 1.29 is 18.7 Å². The molecule has 0 radical (unpaired) electrons. The van der Waals surface area contributed by atoms with Crippen LogP contribution < -0.4 is 10.5 Å². The summed E-state index contributed by atoms with van der Waals surface area (Å²) in [6.45, 7) is 9.37. The smallest absolute Gasteiger partial charge is 0.258 e. The highest BCUT2D eigenvalue weighted by Crippen LogP contribution is 2.41. The molecular formula is C28H33FN6O3. The largest absolute Gasteiger partial charge is 0.481 e. The number of rotatable bonds is 6. The van der Waals surface area contributed by atoms with Gasteiger partial charge in [0, 0.05) is 43.4 Å². The van der Waals surface area contributed by atoms with Gasteiger partial charge in [0.1, 0.15) is 5.82 Å². The second-order valence-electron chi connectivity index (χ2n) is 10.3. The number of pyridine rings is 1. The third kappa shape index (κ3) is 4.81. The van der Waals surface area contributed by atoms with Crippen molar-refractivity contribution >= 4 is 11.9 Å². The van der Waals surface area contributed by atoms with Crippen LogP contribution in [0.1, 0.15) is 47.2 Å². The van der Waals surface area contributed by atoms with Crippen LogP contribution in [-0.2, 0) is 11.2 Å². The molecule has 0 bridgehead atoms. The molecule has 1 fully saturated rings. The molecule has 1 aromatic carbocycles. The molecule has 5 rings (SSSR count). The molecule has 200 valence electrons. The van der Waals surface area contributed by atoms with E-state index in [1.165, 1.54) is 19.2 Å². The lowest BCUT2D eigenvalue weighted by Gasteiger charge is -2.47. The zero-order valence-corrected chi connectivity index (χ0v) is 22.2. The molecule has 4 heterocycles. The Morgan fingerprint density at radius 1 is 1.18 bits per heavy atom. The minimum Gasteiger partial charge on any atom is -0.481 e. The summed E-state index contributed by atoms with van der Waals surface area (Å²) in [5.74, 6) is -0.0454. The van der Waals surface area contributed by atoms with E-state index in [1.807, 2.05) is 11.0 Å². The lowest BCUT2D eigenvalue weighted by molar-refractivity contribution is -0.0245. The molecular weight excluding hydrogens is 487 g/mol. The highest BCUT2D eigenvalue weighted by molar-refractivity contribution is 5.98. The number of halogens is 1. The monoisotopic (exact) mass is 520 g/mol. The van der Waals surface area contributed by atoms with Crippen molar-refractivity contribution in [2.24, 2.45) is 0 Å². The third-order valence-corrected chi connectivity index (χ3v) is 7.47. The standard InChI is InChI=1S/C28H33FN6O3/c1-17-24-22(33-27(30)32-17)15-23(35(26(24)36)16-28(2,3)34-10-12-38-13-11-34)19-8-7-18(29)14-21(19)20-6-5-9-31-25(20)37-4/h5-9,14,23H,10-13,15-16H2,1-4H3,(H2,30,32,33). The zero-order chi connectivity index (χ0) is 27.0. The summed E-state index contributed by atoms with van der Waals surface area (Å²) in [5.41, 5.74) is 9.32. The molecule has 3 aromatic rings. The van der Waals surface area contributed by atoms with E-state index in [2.05, 4.69) is 33.7 Å². The molecule has 2 aromatic heterocycles. The summed E-state index contributed by atoms with van der Waals surface area (Å²) in [6.07, 6.45) is 2.04. The van der Waals surface area contributed by atoms with Gasteiger partial charge in [-0.05, 0) is 56.2 Å². The molecule has 0 aliphatic carbocycles. The Balaban J connectivity index is 1.65. The topological polar surface area (TPSA) is 107 Å². The van der Waals surface area contributed by atoms with Gasteiger partial charge in [0.15, 0.2) is 0 Å². The van der Waals surface area contributed by atoms with Crippen LogP contribution in [0.4, 0.5) is 10.3 Å². The first kappa shape index (κ1) is 26.0. The van der Waals surface area contributed by atoms with Crippen molar-refractivity contribution in [3.8, 4) is 17.0 Å². The van der Waals surface area contributed by atoms with Crippen molar-refractivity contribution in [2.45, 2.75) is 38.8 Å². The number of nitrogens with zero attached hydrogens (tertiary/aromatic N) is 5. The van der Waals surface area contributed by atoms with Crippen LogP contribution in [0.2, 0.25) is 0 Å².